The molecule has 0 aliphatic carbocycles. The van der Waals surface area contributed by atoms with Gasteiger partial charge in [-0.25, -0.2) is 0 Å². The maximum atomic E-state index is 12.3. The van der Waals surface area contributed by atoms with Gasteiger partial charge in [-0.3, -0.25) is 29.1 Å². The van der Waals surface area contributed by atoms with E-state index in [1.807, 2.05) is 6.07 Å². The summed E-state index contributed by atoms with van der Waals surface area (Å²) in [6, 6.07) is 3.94. The van der Waals surface area contributed by atoms with Crippen molar-refractivity contribution in [3.63, 3.8) is 0 Å². The first kappa shape index (κ1) is 36.6. The van der Waals surface area contributed by atoms with Gasteiger partial charge in [-0.05, 0) is 57.6 Å². The number of nitrogens with one attached hydrogen (secondary N) is 2. The molecule has 1 saturated heterocycles. The van der Waals surface area contributed by atoms with Crippen LogP contribution in [0.25, 0.3) is 10.9 Å². The quantitative estimate of drug-likeness (QED) is 0.130. The van der Waals surface area contributed by atoms with Crippen molar-refractivity contribution >= 4 is 40.4 Å². The predicted octanol–water partition coefficient (Wildman–Crippen LogP) is 3.98. The van der Waals surface area contributed by atoms with Crippen molar-refractivity contribution in [1.29, 1.82) is 0 Å². The molecule has 2 aliphatic rings. The maximum absolute atomic E-state index is 12.3. The lowest BCUT2D eigenvalue weighted by molar-refractivity contribution is -0.137. The SMILES string of the molecule is CC(C)(C)Cc1c([SH+]C(C)(C)C)[nH]c2c(CN3CCN(CCNC(=O)CCCCCN4C(=O)C=CC4=O)CC3)c(O)ccc12.[OH-]. The molecule has 2 aliphatic heterocycles. The zero-order valence-electron chi connectivity index (χ0n) is 27.9. The highest BCUT2D eigenvalue weighted by Gasteiger charge is 2.31. The van der Waals surface area contributed by atoms with E-state index in [9.17, 15) is 19.5 Å². The van der Waals surface area contributed by atoms with Crippen LogP contribution in [0.15, 0.2) is 29.3 Å². The fourth-order valence-electron chi connectivity index (χ4n) is 5.87. The molecular formula is C34H53N5O5S. The van der Waals surface area contributed by atoms with Gasteiger partial charge in [0, 0.05) is 99.2 Å². The molecule has 45 heavy (non-hydrogen) atoms. The van der Waals surface area contributed by atoms with Gasteiger partial charge in [0.05, 0.1) is 5.52 Å². The Kier molecular flexibility index (Phi) is 12.7. The van der Waals surface area contributed by atoms with E-state index < -0.39 is 0 Å². The molecule has 250 valence electrons. The number of rotatable bonds is 13. The number of phenols is 1. The minimum absolute atomic E-state index is 0. The monoisotopic (exact) mass is 643 g/mol. The number of aromatic nitrogens is 1. The Morgan fingerprint density at radius 1 is 0.911 bits per heavy atom. The largest absolute Gasteiger partial charge is 0.870 e. The van der Waals surface area contributed by atoms with Crippen LogP contribution < -0.4 is 5.32 Å². The number of imide groups is 1. The molecule has 3 amide bonds. The molecule has 1 fully saturated rings. The molecule has 0 atom stereocenters. The van der Waals surface area contributed by atoms with Crippen molar-refractivity contribution in [3.05, 3.63) is 35.4 Å². The van der Waals surface area contributed by atoms with Crippen LogP contribution in [0.3, 0.4) is 0 Å². The number of piperazine rings is 1. The molecule has 0 radical (unpaired) electrons. The Hall–Kier alpha value is -2.86. The van der Waals surface area contributed by atoms with Crippen LogP contribution >= 0.6 is 0 Å². The van der Waals surface area contributed by atoms with Crippen molar-refractivity contribution in [2.45, 2.75) is 90.0 Å². The lowest BCUT2D eigenvalue weighted by Gasteiger charge is -2.34. The molecule has 4 rings (SSSR count). The maximum Gasteiger partial charge on any atom is 0.253 e. The number of carbonyl (C=O) groups is 3. The average molecular weight is 644 g/mol. The number of H-pyrrole nitrogens is 1. The highest BCUT2D eigenvalue weighted by molar-refractivity contribution is 7.80. The number of phenolic OH excluding ortho intramolecular Hbond substituents is 1. The van der Waals surface area contributed by atoms with Crippen LogP contribution in [0, 0.1) is 5.41 Å². The van der Waals surface area contributed by atoms with E-state index in [4.69, 9.17) is 0 Å². The van der Waals surface area contributed by atoms with Gasteiger partial charge in [0.1, 0.15) is 10.5 Å². The molecule has 0 unspecified atom stereocenters. The summed E-state index contributed by atoms with van der Waals surface area (Å²) in [5.74, 6) is -0.108. The molecule has 0 spiro atoms. The first-order chi connectivity index (χ1) is 20.7. The fraction of sp³-hybridized carbons (Fsp3) is 0.618. The van der Waals surface area contributed by atoms with Gasteiger partial charge in [-0.15, -0.1) is 0 Å². The predicted molar refractivity (Wildman–Crippen MR) is 181 cm³/mol. The van der Waals surface area contributed by atoms with Crippen LogP contribution in [0.1, 0.15) is 78.4 Å². The third kappa shape index (κ3) is 10.6. The summed E-state index contributed by atoms with van der Waals surface area (Å²) in [4.78, 5) is 45.3. The lowest BCUT2D eigenvalue weighted by Crippen LogP contribution is -2.48. The van der Waals surface area contributed by atoms with E-state index in [0.717, 1.165) is 63.1 Å². The number of hydrogen-bond donors (Lipinski definition) is 3. The minimum Gasteiger partial charge on any atom is -0.870 e. The number of unbranched alkanes of at least 4 members (excludes halogenated alkanes) is 2. The van der Waals surface area contributed by atoms with Crippen LogP contribution in [-0.2, 0) is 39.1 Å². The molecule has 0 saturated carbocycles. The Morgan fingerprint density at radius 2 is 1.56 bits per heavy atom. The van der Waals surface area contributed by atoms with E-state index in [2.05, 4.69) is 67.7 Å². The minimum atomic E-state index is -0.250. The average Bonchev–Trinajstić information content (AvgIpc) is 3.42. The Labute approximate surface area is 272 Å². The van der Waals surface area contributed by atoms with E-state index in [0.29, 0.717) is 38.2 Å². The highest BCUT2D eigenvalue weighted by Crippen LogP contribution is 2.37. The first-order valence-corrected chi connectivity index (χ1v) is 16.9. The summed E-state index contributed by atoms with van der Waals surface area (Å²) in [5, 5.41) is 16.5. The third-order valence-corrected chi connectivity index (χ3v) is 9.36. The van der Waals surface area contributed by atoms with Gasteiger partial charge in [0.25, 0.3) is 11.8 Å². The molecule has 1 aromatic carbocycles. The first-order valence-electron chi connectivity index (χ1n) is 16.0. The molecule has 4 N–H and O–H groups in total. The molecule has 10 nitrogen and oxygen atoms in total. The molecule has 3 heterocycles. The van der Waals surface area contributed by atoms with Crippen molar-refractivity contribution in [1.82, 2.24) is 25.0 Å². The summed E-state index contributed by atoms with van der Waals surface area (Å²) in [7, 11) is 0. The van der Waals surface area contributed by atoms with E-state index >= 15 is 0 Å². The second kappa shape index (κ2) is 15.6. The summed E-state index contributed by atoms with van der Waals surface area (Å²) in [6.07, 6.45) is 6.29. The van der Waals surface area contributed by atoms with Gasteiger partial charge in [0.2, 0.25) is 10.9 Å². The number of aromatic hydroxyl groups is 1. The zero-order chi connectivity index (χ0) is 32.1. The summed E-state index contributed by atoms with van der Waals surface area (Å²) < 4.78 is 0.127. The van der Waals surface area contributed by atoms with Crippen LogP contribution in [-0.4, -0.2) is 98.5 Å². The van der Waals surface area contributed by atoms with Gasteiger partial charge in [0.15, 0.2) is 0 Å². The van der Waals surface area contributed by atoms with Crippen molar-refractivity contribution in [3.8, 4) is 5.75 Å². The molecule has 2 aromatic rings. The summed E-state index contributed by atoms with van der Waals surface area (Å²) >= 11 is 1.26. The Bertz CT molecular complexity index is 1350. The Morgan fingerprint density at radius 3 is 2.18 bits per heavy atom. The number of fused-ring (bicyclic) bond motifs is 1. The smallest absolute Gasteiger partial charge is 0.253 e. The van der Waals surface area contributed by atoms with Crippen molar-refractivity contribution < 1.29 is 25.0 Å². The van der Waals surface area contributed by atoms with Crippen LogP contribution in [0.5, 0.6) is 5.75 Å². The number of nitrogens with zero attached hydrogens (tertiary/aromatic N) is 3. The van der Waals surface area contributed by atoms with Gasteiger partial charge >= 0.3 is 0 Å². The van der Waals surface area contributed by atoms with Crippen molar-refractivity contribution in [2.24, 2.45) is 5.41 Å². The number of hydrogen-bond acceptors (Lipinski definition) is 7. The normalized spacial score (nSPS) is 16.5. The number of benzene rings is 1. The second-order valence-electron chi connectivity index (χ2n) is 14.4. The fourth-order valence-corrected chi connectivity index (χ4v) is 7.05. The van der Waals surface area contributed by atoms with E-state index in [1.165, 1.54) is 44.8 Å². The standard InChI is InChI=1S/C34H51N5O4S.H2O/c1-33(2,3)22-25-24-11-12-27(40)26(31(24)36-32(25)44-34(4,5)6)23-38-20-18-37(19-21-38)17-15-35-28(41)10-8-7-9-16-39-29(42)13-14-30(39)43;/h11-14,36,40H,7-10,15-23H2,1-6H3,(H,35,41);1H2. The number of thiol groups is 1. The van der Waals surface area contributed by atoms with Crippen LogP contribution in [0.4, 0.5) is 0 Å². The zero-order valence-corrected chi connectivity index (χ0v) is 28.8. The second-order valence-corrected chi connectivity index (χ2v) is 16.4. The van der Waals surface area contributed by atoms with Crippen molar-refractivity contribution in [2.75, 3.05) is 45.8 Å². The summed E-state index contributed by atoms with van der Waals surface area (Å²) in [5.41, 5.74) is 3.56. The third-order valence-electron chi connectivity index (χ3n) is 8.08. The molecule has 1 aromatic heterocycles. The van der Waals surface area contributed by atoms with Gasteiger partial charge in [-0.2, -0.15) is 0 Å². The molecule has 11 heteroatoms. The number of carbonyl (C=O) groups excluding carboxylic acids is 3. The van der Waals surface area contributed by atoms with Gasteiger partial charge in [-0.1, -0.05) is 27.2 Å². The Balaban J connectivity index is 0.00000552. The van der Waals surface area contributed by atoms with Gasteiger partial charge < -0.3 is 20.9 Å². The molecular weight excluding hydrogens is 590 g/mol. The van der Waals surface area contributed by atoms with E-state index in [1.54, 1.807) is 0 Å². The topological polar surface area (TPSA) is 139 Å². The number of amides is 3. The lowest BCUT2D eigenvalue weighted by atomic mass is 9.88. The summed E-state index contributed by atoms with van der Waals surface area (Å²) in [6.45, 7) is 19.8. The highest BCUT2D eigenvalue weighted by atomic mass is 32.2. The molecule has 0 bridgehead atoms. The number of aromatic amines is 1. The van der Waals surface area contributed by atoms with Crippen LogP contribution in [0.2, 0.25) is 0 Å². The van der Waals surface area contributed by atoms with E-state index in [-0.39, 0.29) is 33.4 Å².